The Labute approximate surface area is 86.1 Å². The summed E-state index contributed by atoms with van der Waals surface area (Å²) in [5, 5.41) is 9.62. The molecule has 1 heterocycles. The number of carboxylic acid groups (broad SMARTS) is 1. The molecule has 1 aromatic heterocycles. The van der Waals surface area contributed by atoms with Crippen LogP contribution in [0.15, 0.2) is 30.5 Å². The molecule has 0 aliphatic heterocycles. The van der Waals surface area contributed by atoms with Crippen LogP contribution in [-0.4, -0.2) is 23.2 Å². The lowest BCUT2D eigenvalue weighted by Gasteiger charge is -2.04. The Morgan fingerprint density at radius 1 is 1.40 bits per heavy atom. The first-order valence-corrected chi connectivity index (χ1v) is 4.38. The number of methoxy groups -OCH3 is 1. The van der Waals surface area contributed by atoms with Crippen molar-refractivity contribution in [1.29, 1.82) is 0 Å². The molecule has 0 aliphatic rings. The Bertz CT molecular complexity index is 522. The van der Waals surface area contributed by atoms with Crippen molar-refractivity contribution in [3.8, 4) is 5.75 Å². The summed E-state index contributed by atoms with van der Waals surface area (Å²) in [6, 6.07) is 6.50. The van der Waals surface area contributed by atoms with Crippen molar-refractivity contribution in [2.24, 2.45) is 0 Å². The first-order chi connectivity index (χ1) is 7.22. The van der Waals surface area contributed by atoms with Gasteiger partial charge in [-0.1, -0.05) is 0 Å². The number of benzene rings is 1. The zero-order valence-corrected chi connectivity index (χ0v) is 8.10. The quantitative estimate of drug-likeness (QED) is 0.810. The van der Waals surface area contributed by atoms with Crippen molar-refractivity contribution in [3.63, 3.8) is 0 Å². The van der Waals surface area contributed by atoms with Crippen LogP contribution in [0.4, 0.5) is 0 Å². The molecule has 0 aliphatic carbocycles. The van der Waals surface area contributed by atoms with Gasteiger partial charge in [-0.3, -0.25) is 4.98 Å². The average molecular weight is 203 g/mol. The Hall–Kier alpha value is -2.10. The van der Waals surface area contributed by atoms with Gasteiger partial charge in [0.15, 0.2) is 0 Å². The van der Waals surface area contributed by atoms with Gasteiger partial charge in [0.25, 0.3) is 0 Å². The molecule has 15 heavy (non-hydrogen) atoms. The number of carboxylic acids is 1. The third kappa shape index (κ3) is 1.61. The first kappa shape index (κ1) is 9.45. The highest BCUT2D eigenvalue weighted by atomic mass is 16.5. The standard InChI is InChI=1S/C11H9NO3/c1-15-10-4-5-12-9-6-7(11(13)14)2-3-8(9)10/h2-6H,1H3,(H,13,14). The second-order valence-electron chi connectivity index (χ2n) is 3.05. The van der Waals surface area contributed by atoms with Crippen molar-refractivity contribution in [2.75, 3.05) is 7.11 Å². The van der Waals surface area contributed by atoms with Crippen molar-refractivity contribution >= 4 is 16.9 Å². The second kappa shape index (κ2) is 3.57. The number of carbonyl (C=O) groups is 1. The van der Waals surface area contributed by atoms with E-state index in [0.29, 0.717) is 11.3 Å². The summed E-state index contributed by atoms with van der Waals surface area (Å²) in [7, 11) is 1.57. The van der Waals surface area contributed by atoms with Gasteiger partial charge in [-0.15, -0.1) is 0 Å². The Morgan fingerprint density at radius 3 is 2.87 bits per heavy atom. The number of nitrogens with zero attached hydrogens (tertiary/aromatic N) is 1. The van der Waals surface area contributed by atoms with Crippen molar-refractivity contribution in [3.05, 3.63) is 36.0 Å². The van der Waals surface area contributed by atoms with Gasteiger partial charge in [-0.2, -0.15) is 0 Å². The Kier molecular flexibility index (Phi) is 2.25. The van der Waals surface area contributed by atoms with Gasteiger partial charge in [0, 0.05) is 11.6 Å². The van der Waals surface area contributed by atoms with Gasteiger partial charge in [-0.05, 0) is 24.3 Å². The van der Waals surface area contributed by atoms with E-state index in [0.717, 1.165) is 5.39 Å². The fraction of sp³-hybridized carbons (Fsp3) is 0.0909. The third-order valence-corrected chi connectivity index (χ3v) is 2.17. The molecule has 4 nitrogen and oxygen atoms in total. The van der Waals surface area contributed by atoms with Crippen LogP contribution in [0, 0.1) is 0 Å². The van der Waals surface area contributed by atoms with Gasteiger partial charge in [-0.25, -0.2) is 4.79 Å². The summed E-state index contributed by atoms with van der Waals surface area (Å²) in [6.45, 7) is 0. The molecule has 0 spiro atoms. The predicted molar refractivity (Wildman–Crippen MR) is 55.3 cm³/mol. The van der Waals surface area contributed by atoms with E-state index in [1.165, 1.54) is 12.1 Å². The van der Waals surface area contributed by atoms with Crippen LogP contribution in [0.2, 0.25) is 0 Å². The molecule has 76 valence electrons. The molecular weight excluding hydrogens is 194 g/mol. The van der Waals surface area contributed by atoms with E-state index in [-0.39, 0.29) is 5.56 Å². The smallest absolute Gasteiger partial charge is 0.335 e. The topological polar surface area (TPSA) is 59.4 Å². The van der Waals surface area contributed by atoms with Crippen LogP contribution >= 0.6 is 0 Å². The fourth-order valence-corrected chi connectivity index (χ4v) is 1.43. The molecule has 0 bridgehead atoms. The number of aromatic carboxylic acids is 1. The molecule has 2 aromatic rings. The van der Waals surface area contributed by atoms with E-state index in [1.54, 1.807) is 25.4 Å². The number of hydrogen-bond acceptors (Lipinski definition) is 3. The van der Waals surface area contributed by atoms with Gasteiger partial charge in [0.05, 0.1) is 18.2 Å². The lowest BCUT2D eigenvalue weighted by Crippen LogP contribution is -1.96. The summed E-state index contributed by atoms with van der Waals surface area (Å²) >= 11 is 0. The number of pyridine rings is 1. The normalized spacial score (nSPS) is 10.2. The molecule has 0 fully saturated rings. The lowest BCUT2D eigenvalue weighted by molar-refractivity contribution is 0.0697. The minimum Gasteiger partial charge on any atom is -0.496 e. The van der Waals surface area contributed by atoms with E-state index in [2.05, 4.69) is 4.98 Å². The molecule has 0 radical (unpaired) electrons. The summed E-state index contributed by atoms with van der Waals surface area (Å²) < 4.78 is 5.14. The molecular formula is C11H9NO3. The monoisotopic (exact) mass is 203 g/mol. The summed E-state index contributed by atoms with van der Waals surface area (Å²) in [5.74, 6) is -0.265. The average Bonchev–Trinajstić information content (AvgIpc) is 2.27. The molecule has 4 heteroatoms. The van der Waals surface area contributed by atoms with Crippen molar-refractivity contribution in [2.45, 2.75) is 0 Å². The molecule has 0 unspecified atom stereocenters. The van der Waals surface area contributed by atoms with Crippen molar-refractivity contribution < 1.29 is 14.6 Å². The third-order valence-electron chi connectivity index (χ3n) is 2.17. The van der Waals surface area contributed by atoms with Gasteiger partial charge >= 0.3 is 5.97 Å². The number of hydrogen-bond donors (Lipinski definition) is 1. The minimum absolute atomic E-state index is 0.225. The van der Waals surface area contributed by atoms with Crippen LogP contribution < -0.4 is 4.74 Å². The SMILES string of the molecule is COc1ccnc2cc(C(=O)O)ccc12. The Morgan fingerprint density at radius 2 is 2.20 bits per heavy atom. The van der Waals surface area contributed by atoms with Gasteiger partial charge < -0.3 is 9.84 Å². The lowest BCUT2D eigenvalue weighted by atomic mass is 10.1. The van der Waals surface area contributed by atoms with Crippen LogP contribution in [0.3, 0.4) is 0 Å². The maximum Gasteiger partial charge on any atom is 0.335 e. The highest BCUT2D eigenvalue weighted by Crippen LogP contribution is 2.23. The van der Waals surface area contributed by atoms with E-state index in [4.69, 9.17) is 9.84 Å². The maximum atomic E-state index is 10.7. The largest absolute Gasteiger partial charge is 0.496 e. The van der Waals surface area contributed by atoms with Gasteiger partial charge in [0.1, 0.15) is 5.75 Å². The number of fused-ring (bicyclic) bond motifs is 1. The zero-order valence-electron chi connectivity index (χ0n) is 8.10. The summed E-state index contributed by atoms with van der Waals surface area (Å²) in [6.07, 6.45) is 1.59. The first-order valence-electron chi connectivity index (χ1n) is 4.38. The molecule has 2 rings (SSSR count). The number of rotatable bonds is 2. The fourth-order valence-electron chi connectivity index (χ4n) is 1.43. The molecule has 0 atom stereocenters. The van der Waals surface area contributed by atoms with Crippen LogP contribution in [0.25, 0.3) is 10.9 Å². The van der Waals surface area contributed by atoms with Crippen LogP contribution in [0.5, 0.6) is 5.75 Å². The zero-order chi connectivity index (χ0) is 10.8. The van der Waals surface area contributed by atoms with E-state index in [9.17, 15) is 4.79 Å². The summed E-state index contributed by atoms with van der Waals surface area (Å²) in [5.41, 5.74) is 0.845. The highest BCUT2D eigenvalue weighted by molar-refractivity contribution is 5.94. The van der Waals surface area contributed by atoms with Crippen molar-refractivity contribution in [1.82, 2.24) is 4.98 Å². The summed E-state index contributed by atoms with van der Waals surface area (Å²) in [4.78, 5) is 14.8. The molecule has 0 amide bonds. The molecule has 0 saturated carbocycles. The maximum absolute atomic E-state index is 10.7. The van der Waals surface area contributed by atoms with Gasteiger partial charge in [0.2, 0.25) is 0 Å². The number of aromatic nitrogens is 1. The highest BCUT2D eigenvalue weighted by Gasteiger charge is 2.06. The van der Waals surface area contributed by atoms with Crippen LogP contribution in [-0.2, 0) is 0 Å². The minimum atomic E-state index is -0.957. The Balaban J connectivity index is 2.69. The van der Waals surface area contributed by atoms with E-state index >= 15 is 0 Å². The molecule has 1 N–H and O–H groups in total. The molecule has 0 saturated heterocycles. The number of ether oxygens (including phenoxy) is 1. The van der Waals surface area contributed by atoms with E-state index < -0.39 is 5.97 Å². The van der Waals surface area contributed by atoms with Crippen LogP contribution in [0.1, 0.15) is 10.4 Å². The predicted octanol–water partition coefficient (Wildman–Crippen LogP) is 1.94. The molecule has 1 aromatic carbocycles. The second-order valence-corrected chi connectivity index (χ2v) is 3.05. The van der Waals surface area contributed by atoms with E-state index in [1.807, 2.05) is 0 Å².